The zero-order valence-electron chi connectivity index (χ0n) is 10.3. The van der Waals surface area contributed by atoms with Crippen molar-refractivity contribution in [2.24, 2.45) is 4.99 Å². The average Bonchev–Trinajstić information content (AvgIpc) is 2.35. The zero-order chi connectivity index (χ0) is 13.1. The number of phenolic OH excluding ortho intramolecular Hbond substituents is 1. The average molecular weight is 304 g/mol. The number of aryl methyl sites for hydroxylation is 1. The molecule has 0 aliphatic carbocycles. The highest BCUT2D eigenvalue weighted by Gasteiger charge is 2.01. The van der Waals surface area contributed by atoms with Gasteiger partial charge in [0, 0.05) is 16.3 Å². The number of halogens is 1. The van der Waals surface area contributed by atoms with E-state index in [9.17, 15) is 5.11 Å². The third-order valence-electron chi connectivity index (χ3n) is 2.91. The predicted octanol–water partition coefficient (Wildman–Crippen LogP) is 4.52. The van der Waals surface area contributed by atoms with Gasteiger partial charge in [0.15, 0.2) is 0 Å². The Hall–Kier alpha value is -1.61. The molecule has 2 aromatic rings. The number of phenols is 1. The number of aliphatic imine (C=N–C) groups is 1. The molecule has 0 saturated heterocycles. The highest BCUT2D eigenvalue weighted by molar-refractivity contribution is 9.10. The molecule has 0 radical (unpaired) electrons. The summed E-state index contributed by atoms with van der Waals surface area (Å²) in [4.78, 5) is 4.43. The van der Waals surface area contributed by atoms with Gasteiger partial charge in [-0.15, -0.1) is 0 Å². The lowest BCUT2D eigenvalue weighted by Gasteiger charge is -2.04. The molecule has 0 amide bonds. The van der Waals surface area contributed by atoms with Crippen molar-refractivity contribution in [2.75, 3.05) is 0 Å². The van der Waals surface area contributed by atoms with Crippen LogP contribution in [0.4, 0.5) is 5.69 Å². The van der Waals surface area contributed by atoms with Crippen LogP contribution in [0.15, 0.2) is 45.9 Å². The SMILES string of the molecule is Cc1cccc(N=Cc2cc(Br)ccc2O)c1C. The van der Waals surface area contributed by atoms with Gasteiger partial charge in [-0.25, -0.2) is 0 Å². The summed E-state index contributed by atoms with van der Waals surface area (Å²) in [5.74, 6) is 0.229. The van der Waals surface area contributed by atoms with Crippen molar-refractivity contribution >= 4 is 27.8 Å². The summed E-state index contributed by atoms with van der Waals surface area (Å²) in [5, 5.41) is 9.72. The monoisotopic (exact) mass is 303 g/mol. The highest BCUT2D eigenvalue weighted by atomic mass is 79.9. The molecule has 18 heavy (non-hydrogen) atoms. The Labute approximate surface area is 115 Å². The van der Waals surface area contributed by atoms with Crippen molar-refractivity contribution in [3.8, 4) is 5.75 Å². The van der Waals surface area contributed by atoms with Crippen LogP contribution in [0.1, 0.15) is 16.7 Å². The summed E-state index contributed by atoms with van der Waals surface area (Å²) in [6.45, 7) is 4.10. The Balaban J connectivity index is 2.36. The Morgan fingerprint density at radius 3 is 2.72 bits per heavy atom. The molecular weight excluding hydrogens is 290 g/mol. The second-order valence-corrected chi connectivity index (χ2v) is 5.10. The Bertz CT molecular complexity index is 601. The van der Waals surface area contributed by atoms with Crippen LogP contribution in [-0.4, -0.2) is 11.3 Å². The van der Waals surface area contributed by atoms with Crippen LogP contribution in [0.2, 0.25) is 0 Å². The zero-order valence-corrected chi connectivity index (χ0v) is 11.9. The number of nitrogens with zero attached hydrogens (tertiary/aromatic N) is 1. The van der Waals surface area contributed by atoms with E-state index < -0.39 is 0 Å². The summed E-state index contributed by atoms with van der Waals surface area (Å²) in [6.07, 6.45) is 1.68. The molecule has 0 aliphatic rings. The van der Waals surface area contributed by atoms with Crippen LogP contribution < -0.4 is 0 Å². The fourth-order valence-electron chi connectivity index (χ4n) is 1.64. The largest absolute Gasteiger partial charge is 0.507 e. The first kappa shape index (κ1) is 12.8. The quantitative estimate of drug-likeness (QED) is 0.813. The number of benzene rings is 2. The van der Waals surface area contributed by atoms with Crippen molar-refractivity contribution < 1.29 is 5.11 Å². The van der Waals surface area contributed by atoms with Crippen molar-refractivity contribution in [1.29, 1.82) is 0 Å². The third kappa shape index (κ3) is 2.79. The second-order valence-electron chi connectivity index (χ2n) is 4.18. The topological polar surface area (TPSA) is 32.6 Å². The first-order valence-corrected chi connectivity index (χ1v) is 6.46. The summed E-state index contributed by atoms with van der Waals surface area (Å²) in [7, 11) is 0. The van der Waals surface area contributed by atoms with Gasteiger partial charge in [0.1, 0.15) is 5.75 Å². The molecule has 0 unspecified atom stereocenters. The molecule has 2 aromatic carbocycles. The van der Waals surface area contributed by atoms with Gasteiger partial charge >= 0.3 is 0 Å². The van der Waals surface area contributed by atoms with Gasteiger partial charge < -0.3 is 5.11 Å². The van der Waals surface area contributed by atoms with Gasteiger partial charge in [-0.2, -0.15) is 0 Å². The molecule has 0 atom stereocenters. The molecule has 0 saturated carbocycles. The molecule has 2 rings (SSSR count). The summed E-state index contributed by atoms with van der Waals surface area (Å²) < 4.78 is 0.919. The van der Waals surface area contributed by atoms with Crippen LogP contribution in [0.5, 0.6) is 5.75 Å². The lowest BCUT2D eigenvalue weighted by Crippen LogP contribution is -1.84. The van der Waals surface area contributed by atoms with E-state index in [-0.39, 0.29) is 5.75 Å². The van der Waals surface area contributed by atoms with E-state index in [0.717, 1.165) is 15.7 Å². The van der Waals surface area contributed by atoms with Crippen LogP contribution in [-0.2, 0) is 0 Å². The first-order valence-electron chi connectivity index (χ1n) is 5.67. The summed E-state index contributed by atoms with van der Waals surface area (Å²) in [6, 6.07) is 11.3. The smallest absolute Gasteiger partial charge is 0.124 e. The normalized spacial score (nSPS) is 11.1. The van der Waals surface area contributed by atoms with E-state index in [1.54, 1.807) is 18.3 Å². The maximum Gasteiger partial charge on any atom is 0.124 e. The second kappa shape index (κ2) is 5.36. The lowest BCUT2D eigenvalue weighted by molar-refractivity contribution is 0.474. The number of aromatic hydroxyl groups is 1. The van der Waals surface area contributed by atoms with Gasteiger partial charge in [-0.05, 0) is 49.2 Å². The maximum atomic E-state index is 9.72. The number of hydrogen-bond acceptors (Lipinski definition) is 2. The molecule has 0 heterocycles. The van der Waals surface area contributed by atoms with E-state index in [2.05, 4.69) is 33.9 Å². The first-order chi connectivity index (χ1) is 8.58. The molecule has 1 N–H and O–H groups in total. The Morgan fingerprint density at radius 1 is 1.17 bits per heavy atom. The molecule has 0 fully saturated rings. The minimum absolute atomic E-state index is 0.229. The Kier molecular flexibility index (Phi) is 3.82. The van der Waals surface area contributed by atoms with Crippen LogP contribution in [0.3, 0.4) is 0 Å². The van der Waals surface area contributed by atoms with Gasteiger partial charge in [-0.3, -0.25) is 4.99 Å². The maximum absolute atomic E-state index is 9.72. The van der Waals surface area contributed by atoms with Gasteiger partial charge in [0.25, 0.3) is 0 Å². The van der Waals surface area contributed by atoms with Crippen LogP contribution >= 0.6 is 15.9 Å². The molecule has 92 valence electrons. The molecule has 0 bridgehead atoms. The van der Waals surface area contributed by atoms with Crippen molar-refractivity contribution in [3.05, 3.63) is 57.6 Å². The van der Waals surface area contributed by atoms with Crippen LogP contribution in [0.25, 0.3) is 0 Å². The molecule has 0 spiro atoms. The van der Waals surface area contributed by atoms with Crippen molar-refractivity contribution in [1.82, 2.24) is 0 Å². The minimum Gasteiger partial charge on any atom is -0.507 e. The molecule has 3 heteroatoms. The van der Waals surface area contributed by atoms with Gasteiger partial charge in [-0.1, -0.05) is 28.1 Å². The lowest BCUT2D eigenvalue weighted by atomic mass is 10.1. The fraction of sp³-hybridized carbons (Fsp3) is 0.133. The van der Waals surface area contributed by atoms with E-state index in [1.807, 2.05) is 25.1 Å². The number of hydrogen-bond donors (Lipinski definition) is 1. The van der Waals surface area contributed by atoms with E-state index in [4.69, 9.17) is 0 Å². The number of rotatable bonds is 2. The highest BCUT2D eigenvalue weighted by Crippen LogP contribution is 2.24. The molecule has 0 aromatic heterocycles. The van der Waals surface area contributed by atoms with Crippen molar-refractivity contribution in [2.45, 2.75) is 13.8 Å². The standard InChI is InChI=1S/C15H14BrNO/c1-10-4-3-5-14(11(10)2)17-9-12-8-13(16)6-7-15(12)18/h3-9,18H,1-2H3. The summed E-state index contributed by atoms with van der Waals surface area (Å²) >= 11 is 3.38. The third-order valence-corrected chi connectivity index (χ3v) is 3.40. The van der Waals surface area contributed by atoms with E-state index in [1.165, 1.54) is 5.56 Å². The van der Waals surface area contributed by atoms with Gasteiger partial charge in [0.05, 0.1) is 5.69 Å². The predicted molar refractivity (Wildman–Crippen MR) is 79.0 cm³/mol. The molecule has 2 nitrogen and oxygen atoms in total. The van der Waals surface area contributed by atoms with Crippen molar-refractivity contribution in [3.63, 3.8) is 0 Å². The molecular formula is C15H14BrNO. The van der Waals surface area contributed by atoms with Gasteiger partial charge in [0.2, 0.25) is 0 Å². The summed E-state index contributed by atoms with van der Waals surface area (Å²) in [5.41, 5.74) is 3.99. The van der Waals surface area contributed by atoms with E-state index >= 15 is 0 Å². The minimum atomic E-state index is 0.229. The molecule has 0 aliphatic heterocycles. The van der Waals surface area contributed by atoms with E-state index in [0.29, 0.717) is 5.56 Å². The Morgan fingerprint density at radius 2 is 1.94 bits per heavy atom. The fourth-order valence-corrected chi connectivity index (χ4v) is 2.02. The van der Waals surface area contributed by atoms with Crippen LogP contribution in [0, 0.1) is 13.8 Å².